The molecule has 0 aliphatic carbocycles. The number of aromatic hydroxyl groups is 1. The van der Waals surface area contributed by atoms with Crippen LogP contribution in [0.5, 0.6) is 11.5 Å². The van der Waals surface area contributed by atoms with Crippen LogP contribution in [0, 0.1) is 0 Å². The van der Waals surface area contributed by atoms with E-state index in [1.807, 2.05) is 24.3 Å². The molecule has 1 aromatic carbocycles. The van der Waals surface area contributed by atoms with E-state index in [1.165, 1.54) is 0 Å². The molecule has 0 atom stereocenters. The van der Waals surface area contributed by atoms with Crippen molar-refractivity contribution >= 4 is 0 Å². The van der Waals surface area contributed by atoms with Crippen LogP contribution in [-0.4, -0.2) is 23.7 Å². The van der Waals surface area contributed by atoms with E-state index in [2.05, 4.69) is 10.3 Å². The maximum absolute atomic E-state index is 9.66. The van der Waals surface area contributed by atoms with Crippen molar-refractivity contribution in [1.29, 1.82) is 0 Å². The smallest absolute Gasteiger partial charge is 0.160 e. The molecule has 2 N–H and O–H groups in total. The first-order chi connectivity index (χ1) is 9.29. The molecular formula is C15H18N2O2. The van der Waals surface area contributed by atoms with E-state index in [-0.39, 0.29) is 5.75 Å². The van der Waals surface area contributed by atoms with Gasteiger partial charge in [0.2, 0.25) is 0 Å². The number of pyridine rings is 1. The summed E-state index contributed by atoms with van der Waals surface area (Å²) in [6, 6.07) is 11.3. The largest absolute Gasteiger partial charge is 0.504 e. The number of methoxy groups -OCH3 is 1. The summed E-state index contributed by atoms with van der Waals surface area (Å²) in [7, 11) is 1.54. The van der Waals surface area contributed by atoms with E-state index in [9.17, 15) is 5.11 Å². The van der Waals surface area contributed by atoms with Crippen LogP contribution in [0.4, 0.5) is 0 Å². The van der Waals surface area contributed by atoms with Gasteiger partial charge < -0.3 is 15.2 Å². The number of phenols is 1. The lowest BCUT2D eigenvalue weighted by molar-refractivity contribution is 0.373. The Morgan fingerprint density at radius 2 is 2.16 bits per heavy atom. The molecule has 0 saturated carbocycles. The Morgan fingerprint density at radius 3 is 2.84 bits per heavy atom. The summed E-state index contributed by atoms with van der Waals surface area (Å²) in [6.07, 6.45) is 2.69. The Morgan fingerprint density at radius 1 is 1.26 bits per heavy atom. The molecule has 1 aromatic heterocycles. The number of aromatic nitrogens is 1. The molecular weight excluding hydrogens is 240 g/mol. The van der Waals surface area contributed by atoms with Crippen LogP contribution in [0.3, 0.4) is 0 Å². The Labute approximate surface area is 113 Å². The van der Waals surface area contributed by atoms with Gasteiger partial charge in [-0.05, 0) is 29.8 Å². The quantitative estimate of drug-likeness (QED) is 0.779. The third-order valence-electron chi connectivity index (χ3n) is 2.86. The molecule has 0 unspecified atom stereocenters. The lowest BCUT2D eigenvalue weighted by atomic mass is 10.2. The van der Waals surface area contributed by atoms with Crippen molar-refractivity contribution in [1.82, 2.24) is 10.3 Å². The zero-order chi connectivity index (χ0) is 13.5. The first-order valence-corrected chi connectivity index (χ1v) is 6.26. The summed E-state index contributed by atoms with van der Waals surface area (Å²) in [4.78, 5) is 4.26. The van der Waals surface area contributed by atoms with Crippen molar-refractivity contribution in [3.63, 3.8) is 0 Å². The predicted octanol–water partition coefficient (Wildman–Crippen LogP) is 2.13. The molecule has 19 heavy (non-hydrogen) atoms. The highest BCUT2D eigenvalue weighted by atomic mass is 16.5. The number of hydrogen-bond acceptors (Lipinski definition) is 4. The van der Waals surface area contributed by atoms with Gasteiger partial charge in [0, 0.05) is 31.4 Å². The van der Waals surface area contributed by atoms with Gasteiger partial charge in [0.25, 0.3) is 0 Å². The van der Waals surface area contributed by atoms with Gasteiger partial charge in [0.15, 0.2) is 11.5 Å². The maximum Gasteiger partial charge on any atom is 0.160 e. The van der Waals surface area contributed by atoms with E-state index in [0.717, 1.165) is 24.2 Å². The summed E-state index contributed by atoms with van der Waals surface area (Å²) in [5.41, 5.74) is 2.10. The summed E-state index contributed by atoms with van der Waals surface area (Å²) in [5.74, 6) is 0.670. The first-order valence-electron chi connectivity index (χ1n) is 6.26. The Hall–Kier alpha value is -2.07. The van der Waals surface area contributed by atoms with Crippen LogP contribution in [0.2, 0.25) is 0 Å². The van der Waals surface area contributed by atoms with E-state index in [1.54, 1.807) is 25.4 Å². The van der Waals surface area contributed by atoms with Crippen molar-refractivity contribution in [2.45, 2.75) is 13.0 Å². The number of ether oxygens (including phenoxy) is 1. The summed E-state index contributed by atoms with van der Waals surface area (Å²) in [6.45, 7) is 1.56. The molecule has 4 nitrogen and oxygen atoms in total. The zero-order valence-corrected chi connectivity index (χ0v) is 11.0. The molecule has 2 rings (SSSR count). The van der Waals surface area contributed by atoms with Gasteiger partial charge in [-0.2, -0.15) is 0 Å². The van der Waals surface area contributed by atoms with Crippen LogP contribution in [-0.2, 0) is 13.0 Å². The molecule has 2 aromatic rings. The van der Waals surface area contributed by atoms with Gasteiger partial charge in [0.1, 0.15) is 0 Å². The highest BCUT2D eigenvalue weighted by Crippen LogP contribution is 2.25. The number of nitrogens with zero attached hydrogens (tertiary/aromatic N) is 1. The van der Waals surface area contributed by atoms with Crippen LogP contribution in [0.1, 0.15) is 11.3 Å². The highest BCUT2D eigenvalue weighted by Gasteiger charge is 2.02. The standard InChI is InChI=1S/C15H18N2O2/c1-19-15-6-5-12(10-14(15)18)11-16-9-7-13-4-2-3-8-17-13/h2-6,8,10,16,18H,7,9,11H2,1H3. The second-order valence-electron chi connectivity index (χ2n) is 4.25. The van der Waals surface area contributed by atoms with E-state index < -0.39 is 0 Å². The first kappa shape index (κ1) is 13.4. The molecule has 100 valence electrons. The fourth-order valence-corrected chi connectivity index (χ4v) is 1.84. The van der Waals surface area contributed by atoms with Gasteiger partial charge in [-0.3, -0.25) is 4.98 Å². The Balaban J connectivity index is 1.78. The summed E-state index contributed by atoms with van der Waals surface area (Å²) < 4.78 is 5.00. The van der Waals surface area contributed by atoms with Crippen LogP contribution in [0.25, 0.3) is 0 Å². The predicted molar refractivity (Wildman–Crippen MR) is 74.3 cm³/mol. The fraction of sp³-hybridized carbons (Fsp3) is 0.267. The summed E-state index contributed by atoms with van der Waals surface area (Å²) in [5, 5.41) is 13.0. The highest BCUT2D eigenvalue weighted by molar-refractivity contribution is 5.41. The molecule has 0 saturated heterocycles. The average Bonchev–Trinajstić information content (AvgIpc) is 2.45. The minimum Gasteiger partial charge on any atom is -0.504 e. The zero-order valence-electron chi connectivity index (χ0n) is 11.0. The molecule has 0 aliphatic heterocycles. The van der Waals surface area contributed by atoms with Crippen LogP contribution in [0.15, 0.2) is 42.6 Å². The molecule has 0 bridgehead atoms. The second kappa shape index (κ2) is 6.75. The van der Waals surface area contributed by atoms with Gasteiger partial charge in [-0.15, -0.1) is 0 Å². The molecule has 1 heterocycles. The molecule has 0 amide bonds. The number of phenolic OH excluding ortho intramolecular Hbond substituents is 1. The minimum absolute atomic E-state index is 0.173. The normalized spacial score (nSPS) is 10.4. The minimum atomic E-state index is 0.173. The fourth-order valence-electron chi connectivity index (χ4n) is 1.84. The van der Waals surface area contributed by atoms with Crippen LogP contribution < -0.4 is 10.1 Å². The van der Waals surface area contributed by atoms with Crippen LogP contribution >= 0.6 is 0 Å². The topological polar surface area (TPSA) is 54.4 Å². The SMILES string of the molecule is COc1ccc(CNCCc2ccccn2)cc1O. The molecule has 0 fully saturated rings. The molecule has 0 radical (unpaired) electrons. The van der Waals surface area contributed by atoms with E-state index >= 15 is 0 Å². The molecule has 4 heteroatoms. The lowest BCUT2D eigenvalue weighted by Crippen LogP contribution is -2.17. The second-order valence-corrected chi connectivity index (χ2v) is 4.25. The van der Waals surface area contributed by atoms with E-state index in [0.29, 0.717) is 12.3 Å². The molecule has 0 spiro atoms. The van der Waals surface area contributed by atoms with Crippen molar-refractivity contribution in [3.8, 4) is 11.5 Å². The number of hydrogen-bond donors (Lipinski definition) is 2. The number of nitrogens with one attached hydrogen (secondary N) is 1. The Kier molecular flexibility index (Phi) is 4.75. The van der Waals surface area contributed by atoms with Gasteiger partial charge >= 0.3 is 0 Å². The summed E-state index contributed by atoms with van der Waals surface area (Å²) >= 11 is 0. The van der Waals surface area contributed by atoms with Gasteiger partial charge in [-0.25, -0.2) is 0 Å². The lowest BCUT2D eigenvalue weighted by Gasteiger charge is -2.07. The average molecular weight is 258 g/mol. The van der Waals surface area contributed by atoms with Gasteiger partial charge in [-0.1, -0.05) is 12.1 Å². The third kappa shape index (κ3) is 3.96. The van der Waals surface area contributed by atoms with Crippen molar-refractivity contribution in [2.24, 2.45) is 0 Å². The molecule has 0 aliphatic rings. The Bertz CT molecular complexity index is 515. The third-order valence-corrected chi connectivity index (χ3v) is 2.86. The maximum atomic E-state index is 9.66. The van der Waals surface area contributed by atoms with Gasteiger partial charge in [0.05, 0.1) is 7.11 Å². The van der Waals surface area contributed by atoms with E-state index in [4.69, 9.17) is 4.74 Å². The van der Waals surface area contributed by atoms with Crippen molar-refractivity contribution < 1.29 is 9.84 Å². The number of benzene rings is 1. The van der Waals surface area contributed by atoms with Crippen molar-refractivity contribution in [3.05, 3.63) is 53.9 Å². The number of rotatable bonds is 6. The monoisotopic (exact) mass is 258 g/mol. The van der Waals surface area contributed by atoms with Crippen molar-refractivity contribution in [2.75, 3.05) is 13.7 Å².